The van der Waals surface area contributed by atoms with Crippen LogP contribution in [0.25, 0.3) is 0 Å². The molecule has 1 aliphatic heterocycles. The summed E-state index contributed by atoms with van der Waals surface area (Å²) in [6, 6.07) is 5.59. The summed E-state index contributed by atoms with van der Waals surface area (Å²) in [7, 11) is 3.22. The summed E-state index contributed by atoms with van der Waals surface area (Å²) in [6.07, 6.45) is 7.53. The molecule has 3 aliphatic rings. The van der Waals surface area contributed by atoms with E-state index in [2.05, 4.69) is 5.32 Å². The van der Waals surface area contributed by atoms with E-state index in [-0.39, 0.29) is 29.1 Å². The van der Waals surface area contributed by atoms with Crippen molar-refractivity contribution in [1.82, 2.24) is 10.2 Å². The van der Waals surface area contributed by atoms with Crippen molar-refractivity contribution in [1.29, 1.82) is 0 Å². The van der Waals surface area contributed by atoms with Gasteiger partial charge in [-0.3, -0.25) is 9.59 Å². The van der Waals surface area contributed by atoms with Crippen LogP contribution in [0.5, 0.6) is 11.5 Å². The zero-order valence-electron chi connectivity index (χ0n) is 17.2. The van der Waals surface area contributed by atoms with Crippen molar-refractivity contribution in [3.8, 4) is 11.5 Å². The molecule has 2 amide bonds. The summed E-state index contributed by atoms with van der Waals surface area (Å²) in [5, 5.41) is 3.05. The quantitative estimate of drug-likeness (QED) is 0.766. The lowest BCUT2D eigenvalue weighted by Crippen LogP contribution is -2.51. The lowest BCUT2D eigenvalue weighted by molar-refractivity contribution is -0.141. The first-order valence-electron chi connectivity index (χ1n) is 10.6. The lowest BCUT2D eigenvalue weighted by atomic mass is 9.95. The second kappa shape index (κ2) is 8.86. The molecule has 1 aromatic rings. The third-order valence-corrected chi connectivity index (χ3v) is 7.45. The highest BCUT2D eigenvalue weighted by atomic mass is 32.2. The Kier molecular flexibility index (Phi) is 6.23. The van der Waals surface area contributed by atoms with Gasteiger partial charge in [0.25, 0.3) is 0 Å². The molecule has 2 saturated carbocycles. The molecule has 6 nitrogen and oxygen atoms in total. The molecule has 0 radical (unpaired) electrons. The Balaban J connectivity index is 1.56. The number of methoxy groups -OCH3 is 2. The fourth-order valence-corrected chi connectivity index (χ4v) is 5.75. The van der Waals surface area contributed by atoms with Crippen LogP contribution in [0.3, 0.4) is 0 Å². The molecule has 29 heavy (non-hydrogen) atoms. The molecule has 1 saturated heterocycles. The van der Waals surface area contributed by atoms with Gasteiger partial charge in [0.05, 0.1) is 14.2 Å². The number of hydrogen-bond acceptors (Lipinski definition) is 5. The summed E-state index contributed by atoms with van der Waals surface area (Å²) in [6.45, 7) is 0. The molecule has 0 bridgehead atoms. The minimum absolute atomic E-state index is 0.00127. The fourth-order valence-electron chi connectivity index (χ4n) is 4.33. The van der Waals surface area contributed by atoms with Crippen molar-refractivity contribution in [2.45, 2.75) is 62.4 Å². The summed E-state index contributed by atoms with van der Waals surface area (Å²) >= 11 is 1.66. The SMILES string of the molecule is COc1ccc(C2SCC(C(=O)NC3CCCCC3)N2C(=O)C2CC2)cc1OC. The van der Waals surface area contributed by atoms with Gasteiger partial charge in [0.1, 0.15) is 11.4 Å². The van der Waals surface area contributed by atoms with Crippen molar-refractivity contribution < 1.29 is 19.1 Å². The third-order valence-electron chi connectivity index (χ3n) is 6.13. The smallest absolute Gasteiger partial charge is 0.243 e. The Bertz CT molecular complexity index is 761. The van der Waals surface area contributed by atoms with E-state index < -0.39 is 6.04 Å². The molecule has 158 valence electrons. The first kappa shape index (κ1) is 20.4. The lowest BCUT2D eigenvalue weighted by Gasteiger charge is -2.31. The van der Waals surface area contributed by atoms with E-state index in [0.29, 0.717) is 17.3 Å². The first-order valence-corrected chi connectivity index (χ1v) is 11.6. The molecule has 2 unspecified atom stereocenters. The Hall–Kier alpha value is -1.89. The predicted molar refractivity (Wildman–Crippen MR) is 113 cm³/mol. The Labute approximate surface area is 176 Å². The van der Waals surface area contributed by atoms with Crippen LogP contribution < -0.4 is 14.8 Å². The average molecular weight is 419 g/mol. The molecule has 1 aromatic carbocycles. The largest absolute Gasteiger partial charge is 0.493 e. The van der Waals surface area contributed by atoms with E-state index in [9.17, 15) is 9.59 Å². The van der Waals surface area contributed by atoms with E-state index in [1.165, 1.54) is 19.3 Å². The molecule has 0 aromatic heterocycles. The van der Waals surface area contributed by atoms with Crippen molar-refractivity contribution in [3.63, 3.8) is 0 Å². The van der Waals surface area contributed by atoms with Gasteiger partial charge in [0.15, 0.2) is 11.5 Å². The van der Waals surface area contributed by atoms with Gasteiger partial charge < -0.3 is 19.7 Å². The van der Waals surface area contributed by atoms with E-state index in [0.717, 1.165) is 31.2 Å². The molecule has 0 spiro atoms. The molecular formula is C22H30N2O4S. The summed E-state index contributed by atoms with van der Waals surface area (Å²) in [5.41, 5.74) is 0.967. The number of ether oxygens (including phenoxy) is 2. The second-order valence-electron chi connectivity index (χ2n) is 8.18. The molecular weight excluding hydrogens is 388 g/mol. The van der Waals surface area contributed by atoms with Gasteiger partial charge in [-0.1, -0.05) is 25.3 Å². The average Bonchev–Trinajstić information content (AvgIpc) is 3.51. The van der Waals surface area contributed by atoms with Crippen LogP contribution in [-0.2, 0) is 9.59 Å². The number of carbonyl (C=O) groups excluding carboxylic acids is 2. The maximum Gasteiger partial charge on any atom is 0.243 e. The zero-order valence-corrected chi connectivity index (χ0v) is 18.0. The van der Waals surface area contributed by atoms with Crippen molar-refractivity contribution >= 4 is 23.6 Å². The van der Waals surface area contributed by atoms with Gasteiger partial charge in [-0.15, -0.1) is 11.8 Å². The fraction of sp³-hybridized carbons (Fsp3) is 0.636. The van der Waals surface area contributed by atoms with E-state index in [1.807, 2.05) is 23.1 Å². The highest BCUT2D eigenvalue weighted by Crippen LogP contribution is 2.46. The standard InChI is InChI=1S/C22H30N2O4S/c1-27-18-11-10-15(12-19(18)28-2)22-24(21(26)14-8-9-14)17(13-29-22)20(25)23-16-6-4-3-5-7-16/h10-12,14,16-17,22H,3-9,13H2,1-2H3,(H,23,25). The molecule has 3 fully saturated rings. The number of benzene rings is 1. The topological polar surface area (TPSA) is 67.9 Å². The zero-order chi connectivity index (χ0) is 20.4. The van der Waals surface area contributed by atoms with Crippen LogP contribution in [0.1, 0.15) is 55.9 Å². The summed E-state index contributed by atoms with van der Waals surface area (Å²) in [5.74, 6) is 2.10. The van der Waals surface area contributed by atoms with Crippen LogP contribution in [0.2, 0.25) is 0 Å². The minimum atomic E-state index is -0.409. The molecule has 1 heterocycles. The molecule has 2 aliphatic carbocycles. The second-order valence-corrected chi connectivity index (χ2v) is 9.29. The van der Waals surface area contributed by atoms with Crippen LogP contribution >= 0.6 is 11.8 Å². The monoisotopic (exact) mass is 418 g/mol. The van der Waals surface area contributed by atoms with Crippen LogP contribution in [0, 0.1) is 5.92 Å². The highest BCUT2D eigenvalue weighted by molar-refractivity contribution is 7.99. The van der Waals surface area contributed by atoms with Gasteiger partial charge in [0, 0.05) is 17.7 Å². The Morgan fingerprint density at radius 1 is 1.03 bits per heavy atom. The highest BCUT2D eigenvalue weighted by Gasteiger charge is 2.47. The predicted octanol–water partition coefficient (Wildman–Crippen LogP) is 3.51. The molecule has 1 N–H and O–H groups in total. The number of thioether (sulfide) groups is 1. The Morgan fingerprint density at radius 2 is 1.76 bits per heavy atom. The first-order chi connectivity index (χ1) is 14.1. The van der Waals surface area contributed by atoms with E-state index in [4.69, 9.17) is 9.47 Å². The van der Waals surface area contributed by atoms with Crippen LogP contribution in [0.4, 0.5) is 0 Å². The summed E-state index contributed by atoms with van der Waals surface area (Å²) in [4.78, 5) is 28.1. The van der Waals surface area contributed by atoms with Crippen molar-refractivity contribution in [3.05, 3.63) is 23.8 Å². The number of rotatable bonds is 6. The molecule has 4 rings (SSSR count). The number of amides is 2. The van der Waals surface area contributed by atoms with Crippen LogP contribution in [0.15, 0.2) is 18.2 Å². The van der Waals surface area contributed by atoms with Crippen molar-refractivity contribution in [2.24, 2.45) is 5.92 Å². The van der Waals surface area contributed by atoms with E-state index >= 15 is 0 Å². The Morgan fingerprint density at radius 3 is 2.41 bits per heavy atom. The number of hydrogen-bond donors (Lipinski definition) is 1. The third kappa shape index (κ3) is 4.34. The maximum atomic E-state index is 13.2. The van der Waals surface area contributed by atoms with Gasteiger partial charge in [-0.05, 0) is 43.4 Å². The normalized spacial score (nSPS) is 25.0. The van der Waals surface area contributed by atoms with Gasteiger partial charge in [0.2, 0.25) is 11.8 Å². The number of carbonyl (C=O) groups is 2. The van der Waals surface area contributed by atoms with Crippen LogP contribution in [-0.4, -0.2) is 48.8 Å². The minimum Gasteiger partial charge on any atom is -0.493 e. The number of nitrogens with zero attached hydrogens (tertiary/aromatic N) is 1. The molecule has 7 heteroatoms. The molecule has 2 atom stereocenters. The van der Waals surface area contributed by atoms with Crippen molar-refractivity contribution in [2.75, 3.05) is 20.0 Å². The van der Waals surface area contributed by atoms with E-state index in [1.54, 1.807) is 26.0 Å². The van der Waals surface area contributed by atoms with Gasteiger partial charge >= 0.3 is 0 Å². The van der Waals surface area contributed by atoms with Gasteiger partial charge in [-0.2, -0.15) is 0 Å². The number of nitrogens with one attached hydrogen (secondary N) is 1. The maximum absolute atomic E-state index is 13.2. The summed E-state index contributed by atoms with van der Waals surface area (Å²) < 4.78 is 10.8. The van der Waals surface area contributed by atoms with Gasteiger partial charge in [-0.25, -0.2) is 0 Å².